The summed E-state index contributed by atoms with van der Waals surface area (Å²) in [4.78, 5) is 0. The van der Waals surface area contributed by atoms with E-state index >= 15 is 0 Å². The summed E-state index contributed by atoms with van der Waals surface area (Å²) in [5, 5.41) is 9.72. The number of halogens is 2. The van der Waals surface area contributed by atoms with Gasteiger partial charge in [-0.3, -0.25) is 0 Å². The predicted molar refractivity (Wildman–Crippen MR) is 77.1 cm³/mol. The average molecular weight is 317 g/mol. The predicted octanol–water partition coefficient (Wildman–Crippen LogP) is 4.71. The third-order valence-corrected chi connectivity index (χ3v) is 4.46. The van der Waals surface area contributed by atoms with Gasteiger partial charge in [-0.25, -0.2) is 4.39 Å². The first-order valence-electron chi connectivity index (χ1n) is 6.61. The zero-order valence-electron chi connectivity index (χ0n) is 11.2. The lowest BCUT2D eigenvalue weighted by molar-refractivity contribution is 0.107. The van der Waals surface area contributed by atoms with Gasteiger partial charge < -0.3 is 5.11 Å². The maximum atomic E-state index is 13.1. The molecule has 0 saturated heterocycles. The van der Waals surface area contributed by atoms with E-state index < -0.39 is 0 Å². The van der Waals surface area contributed by atoms with Gasteiger partial charge in [-0.15, -0.1) is 0 Å². The van der Waals surface area contributed by atoms with Crippen molar-refractivity contribution in [1.29, 1.82) is 0 Å². The summed E-state index contributed by atoms with van der Waals surface area (Å²) in [6, 6.07) is 4.79. The van der Waals surface area contributed by atoms with Gasteiger partial charge in [-0.2, -0.15) is 0 Å². The first-order chi connectivity index (χ1) is 8.56. The molecule has 102 valence electrons. The highest BCUT2D eigenvalue weighted by Gasteiger charge is 2.27. The molecule has 18 heavy (non-hydrogen) atoms. The molecule has 1 aromatic rings. The summed E-state index contributed by atoms with van der Waals surface area (Å²) in [5.74, 6) is -0.231. The Morgan fingerprint density at radius 1 is 1.33 bits per heavy atom. The van der Waals surface area contributed by atoms with Gasteiger partial charge in [0.2, 0.25) is 0 Å². The van der Waals surface area contributed by atoms with Crippen LogP contribution >= 0.6 is 15.9 Å². The van der Waals surface area contributed by atoms with Crippen LogP contribution in [0.1, 0.15) is 45.1 Å². The fraction of sp³-hybridized carbons (Fsp3) is 0.600. The minimum Gasteiger partial charge on any atom is -0.396 e. The smallest absolute Gasteiger partial charge is 0.124 e. The summed E-state index contributed by atoms with van der Waals surface area (Å²) in [5.41, 5.74) is 1.000. The van der Waals surface area contributed by atoms with Gasteiger partial charge in [0.1, 0.15) is 5.82 Å². The number of unbranched alkanes of at least 4 members (excludes halogenated alkanes) is 1. The van der Waals surface area contributed by atoms with E-state index in [4.69, 9.17) is 0 Å². The van der Waals surface area contributed by atoms with Crippen molar-refractivity contribution in [2.75, 3.05) is 6.61 Å². The van der Waals surface area contributed by atoms with Crippen molar-refractivity contribution in [2.45, 2.75) is 46.0 Å². The summed E-state index contributed by atoms with van der Waals surface area (Å²) in [6.07, 6.45) is 4.99. The first kappa shape index (κ1) is 15.6. The van der Waals surface area contributed by atoms with E-state index in [9.17, 15) is 9.50 Å². The molecule has 1 atom stereocenters. The lowest BCUT2D eigenvalue weighted by Crippen LogP contribution is -2.27. The second kappa shape index (κ2) is 7.25. The van der Waals surface area contributed by atoms with Crippen LogP contribution in [0.2, 0.25) is 0 Å². The Balaban J connectivity index is 2.88. The number of hydrogen-bond acceptors (Lipinski definition) is 1. The summed E-state index contributed by atoms with van der Waals surface area (Å²) in [7, 11) is 0. The van der Waals surface area contributed by atoms with Crippen molar-refractivity contribution >= 4 is 15.9 Å². The SMILES string of the molecule is CCCCC(CC)(CO)Cc1ccc(F)cc1Br. The Labute approximate surface area is 118 Å². The zero-order chi connectivity index (χ0) is 13.6. The average Bonchev–Trinajstić information content (AvgIpc) is 2.37. The number of hydrogen-bond donors (Lipinski definition) is 1. The Morgan fingerprint density at radius 3 is 2.56 bits per heavy atom. The van der Waals surface area contributed by atoms with E-state index in [1.54, 1.807) is 0 Å². The normalized spacial score (nSPS) is 14.5. The molecule has 0 radical (unpaired) electrons. The Bertz CT molecular complexity index is 375. The van der Waals surface area contributed by atoms with Gasteiger partial charge in [-0.05, 0) is 42.4 Å². The van der Waals surface area contributed by atoms with Crippen LogP contribution in [0.15, 0.2) is 22.7 Å². The van der Waals surface area contributed by atoms with Crippen molar-refractivity contribution < 1.29 is 9.50 Å². The van der Waals surface area contributed by atoms with Gasteiger partial charge in [0.15, 0.2) is 0 Å². The molecule has 0 bridgehead atoms. The highest BCUT2D eigenvalue weighted by atomic mass is 79.9. The van der Waals surface area contributed by atoms with E-state index in [-0.39, 0.29) is 17.8 Å². The molecule has 0 fully saturated rings. The number of rotatable bonds is 7. The van der Waals surface area contributed by atoms with Gasteiger partial charge in [0, 0.05) is 11.1 Å². The third kappa shape index (κ3) is 4.06. The third-order valence-electron chi connectivity index (χ3n) is 3.73. The van der Waals surface area contributed by atoms with Gasteiger partial charge in [-0.1, -0.05) is 48.7 Å². The Morgan fingerprint density at radius 2 is 2.06 bits per heavy atom. The van der Waals surface area contributed by atoms with E-state index in [1.807, 2.05) is 6.07 Å². The topological polar surface area (TPSA) is 20.2 Å². The summed E-state index contributed by atoms with van der Waals surface area (Å²) in [6.45, 7) is 4.46. The standard InChI is InChI=1S/C15H22BrFO/c1-3-5-8-15(4-2,11-18)10-12-6-7-13(17)9-14(12)16/h6-7,9,18H,3-5,8,10-11H2,1-2H3. The quantitative estimate of drug-likeness (QED) is 0.772. The molecule has 0 aliphatic heterocycles. The first-order valence-corrected chi connectivity index (χ1v) is 7.41. The largest absolute Gasteiger partial charge is 0.396 e. The summed E-state index contributed by atoms with van der Waals surface area (Å²) >= 11 is 3.40. The highest BCUT2D eigenvalue weighted by molar-refractivity contribution is 9.10. The molecule has 3 heteroatoms. The lowest BCUT2D eigenvalue weighted by atomic mass is 9.76. The molecule has 0 aliphatic rings. The van der Waals surface area contributed by atoms with Crippen LogP contribution in [0.25, 0.3) is 0 Å². The monoisotopic (exact) mass is 316 g/mol. The minimum absolute atomic E-state index is 0.0731. The maximum Gasteiger partial charge on any atom is 0.124 e. The Kier molecular flexibility index (Phi) is 6.30. The highest BCUT2D eigenvalue weighted by Crippen LogP contribution is 2.34. The number of aliphatic hydroxyl groups is 1. The van der Waals surface area contributed by atoms with Crippen molar-refractivity contribution in [1.82, 2.24) is 0 Å². The van der Waals surface area contributed by atoms with Crippen LogP contribution in [0.3, 0.4) is 0 Å². The second-order valence-corrected chi connectivity index (χ2v) is 5.88. The Hall–Kier alpha value is -0.410. The number of aliphatic hydroxyl groups excluding tert-OH is 1. The molecule has 0 saturated carbocycles. The molecule has 1 nitrogen and oxygen atoms in total. The van der Waals surface area contributed by atoms with Gasteiger partial charge in [0.25, 0.3) is 0 Å². The van der Waals surface area contributed by atoms with E-state index in [0.29, 0.717) is 0 Å². The van der Waals surface area contributed by atoms with Crippen LogP contribution in [-0.4, -0.2) is 11.7 Å². The van der Waals surface area contributed by atoms with E-state index in [0.717, 1.165) is 42.1 Å². The van der Waals surface area contributed by atoms with Crippen LogP contribution in [-0.2, 0) is 6.42 Å². The van der Waals surface area contributed by atoms with Crippen molar-refractivity contribution in [3.05, 3.63) is 34.1 Å². The van der Waals surface area contributed by atoms with Gasteiger partial charge >= 0.3 is 0 Å². The number of benzene rings is 1. The lowest BCUT2D eigenvalue weighted by Gasteiger charge is -2.31. The van der Waals surface area contributed by atoms with Crippen LogP contribution < -0.4 is 0 Å². The molecule has 1 aromatic carbocycles. The molecule has 0 heterocycles. The van der Waals surface area contributed by atoms with Crippen LogP contribution in [0.5, 0.6) is 0 Å². The van der Waals surface area contributed by atoms with E-state index in [2.05, 4.69) is 29.8 Å². The molecule has 1 rings (SSSR count). The second-order valence-electron chi connectivity index (χ2n) is 5.03. The minimum atomic E-state index is -0.231. The summed E-state index contributed by atoms with van der Waals surface area (Å²) < 4.78 is 13.9. The zero-order valence-corrected chi connectivity index (χ0v) is 12.8. The molecule has 0 amide bonds. The van der Waals surface area contributed by atoms with Crippen molar-refractivity contribution in [2.24, 2.45) is 5.41 Å². The molecular weight excluding hydrogens is 295 g/mol. The fourth-order valence-electron chi connectivity index (χ4n) is 2.26. The van der Waals surface area contributed by atoms with Crippen LogP contribution in [0.4, 0.5) is 4.39 Å². The van der Waals surface area contributed by atoms with Crippen LogP contribution in [0, 0.1) is 11.2 Å². The fourth-order valence-corrected chi connectivity index (χ4v) is 2.75. The molecule has 1 N–H and O–H groups in total. The van der Waals surface area contributed by atoms with Crippen molar-refractivity contribution in [3.8, 4) is 0 Å². The van der Waals surface area contributed by atoms with E-state index in [1.165, 1.54) is 12.1 Å². The molecule has 0 aromatic heterocycles. The van der Waals surface area contributed by atoms with Gasteiger partial charge in [0.05, 0.1) is 0 Å². The molecule has 0 spiro atoms. The van der Waals surface area contributed by atoms with Crippen molar-refractivity contribution in [3.63, 3.8) is 0 Å². The molecule has 0 aliphatic carbocycles. The molecule has 1 unspecified atom stereocenters. The molecular formula is C15H22BrFO. The maximum absolute atomic E-state index is 13.1.